The summed E-state index contributed by atoms with van der Waals surface area (Å²) in [6.45, 7) is 5.80. The van der Waals surface area contributed by atoms with Gasteiger partial charge in [0.2, 0.25) is 0 Å². The van der Waals surface area contributed by atoms with E-state index in [0.29, 0.717) is 0 Å². The van der Waals surface area contributed by atoms with Crippen molar-refractivity contribution < 1.29 is 9.47 Å². The summed E-state index contributed by atoms with van der Waals surface area (Å²) in [5, 5.41) is 0. The monoisotopic (exact) mass is 362 g/mol. The van der Waals surface area contributed by atoms with Crippen LogP contribution in [-0.2, 0) is 0 Å². The second kappa shape index (κ2) is 11.3. The maximum absolute atomic E-state index is 5.60. The molecule has 0 heterocycles. The molecule has 0 aliphatic carbocycles. The first-order chi connectivity index (χ1) is 11.8. The minimum atomic E-state index is 0.783. The highest BCUT2D eigenvalue weighted by atomic mass is 32.2. The molecule has 2 rings (SSSR count). The number of thioether (sulfide) groups is 2. The summed E-state index contributed by atoms with van der Waals surface area (Å²) in [4.78, 5) is 2.59. The van der Waals surface area contributed by atoms with Crippen LogP contribution in [0.1, 0.15) is 26.7 Å². The molecule has 2 aromatic carbocycles. The molecule has 4 heteroatoms. The van der Waals surface area contributed by atoms with E-state index in [-0.39, 0.29) is 0 Å². The summed E-state index contributed by atoms with van der Waals surface area (Å²) in [6, 6.07) is 16.8. The molecule has 0 saturated carbocycles. The Labute approximate surface area is 154 Å². The van der Waals surface area contributed by atoms with Crippen LogP contribution >= 0.6 is 23.5 Å². The van der Waals surface area contributed by atoms with E-state index in [1.807, 2.05) is 23.5 Å². The molecule has 0 amide bonds. The zero-order valence-corrected chi connectivity index (χ0v) is 16.1. The molecule has 24 heavy (non-hydrogen) atoms. The quantitative estimate of drug-likeness (QED) is 0.352. The zero-order chi connectivity index (χ0) is 17.0. The summed E-state index contributed by atoms with van der Waals surface area (Å²) in [5.74, 6) is 4.10. The second-order valence-electron chi connectivity index (χ2n) is 5.34. The Balaban J connectivity index is 1.67. The zero-order valence-electron chi connectivity index (χ0n) is 14.5. The van der Waals surface area contributed by atoms with E-state index in [9.17, 15) is 0 Å². The second-order valence-corrected chi connectivity index (χ2v) is 7.67. The molecule has 0 unspecified atom stereocenters. The predicted molar refractivity (Wildman–Crippen MR) is 106 cm³/mol. The standard InChI is InChI=1S/C20H26O2S2/c1-3-13-21-17-5-9-19(10-6-17)23-15-16-24-20-11-7-18(8-12-20)22-14-4-2/h5-12H,3-4,13-16H2,1-2H3. The number of ether oxygens (including phenoxy) is 2. The number of benzene rings is 2. The van der Waals surface area contributed by atoms with Gasteiger partial charge in [-0.15, -0.1) is 23.5 Å². The van der Waals surface area contributed by atoms with Gasteiger partial charge >= 0.3 is 0 Å². The normalized spacial score (nSPS) is 10.6. The van der Waals surface area contributed by atoms with Gasteiger partial charge in [-0.1, -0.05) is 13.8 Å². The Morgan fingerprint density at radius 2 is 1.00 bits per heavy atom. The molecule has 0 fully saturated rings. The average Bonchev–Trinajstić information content (AvgIpc) is 2.64. The molecule has 2 aromatic rings. The number of hydrogen-bond donors (Lipinski definition) is 0. The molecule has 0 saturated heterocycles. The van der Waals surface area contributed by atoms with Crippen molar-refractivity contribution in [2.45, 2.75) is 36.5 Å². The molecule has 2 nitrogen and oxygen atoms in total. The lowest BCUT2D eigenvalue weighted by molar-refractivity contribution is 0.317. The first-order valence-electron chi connectivity index (χ1n) is 8.53. The fourth-order valence-corrected chi connectivity index (χ4v) is 3.82. The topological polar surface area (TPSA) is 18.5 Å². The van der Waals surface area contributed by atoms with Crippen molar-refractivity contribution >= 4 is 23.5 Å². The third-order valence-electron chi connectivity index (χ3n) is 3.21. The molecule has 0 aliphatic rings. The third kappa shape index (κ3) is 7.10. The van der Waals surface area contributed by atoms with E-state index in [2.05, 4.69) is 62.4 Å². The highest BCUT2D eigenvalue weighted by Gasteiger charge is 1.99. The molecule has 0 radical (unpaired) electrons. The van der Waals surface area contributed by atoms with Crippen molar-refractivity contribution in [3.63, 3.8) is 0 Å². The lowest BCUT2D eigenvalue weighted by Crippen LogP contribution is -1.94. The fourth-order valence-electron chi connectivity index (χ4n) is 2.02. The number of hydrogen-bond acceptors (Lipinski definition) is 4. The Bertz CT molecular complexity index is 514. The third-order valence-corrected chi connectivity index (χ3v) is 5.50. The van der Waals surface area contributed by atoms with E-state index in [4.69, 9.17) is 9.47 Å². The van der Waals surface area contributed by atoms with Gasteiger partial charge in [0.15, 0.2) is 0 Å². The maximum Gasteiger partial charge on any atom is 0.119 e. The van der Waals surface area contributed by atoms with E-state index >= 15 is 0 Å². The van der Waals surface area contributed by atoms with Crippen LogP contribution in [0.5, 0.6) is 11.5 Å². The molecule has 0 aliphatic heterocycles. The molecule has 130 valence electrons. The van der Waals surface area contributed by atoms with Crippen molar-refractivity contribution in [1.29, 1.82) is 0 Å². The molecule has 0 atom stereocenters. The molecule has 0 spiro atoms. The first-order valence-corrected chi connectivity index (χ1v) is 10.5. The summed E-state index contributed by atoms with van der Waals surface area (Å²) >= 11 is 3.77. The fraction of sp³-hybridized carbons (Fsp3) is 0.400. The Morgan fingerprint density at radius 3 is 1.33 bits per heavy atom. The average molecular weight is 363 g/mol. The predicted octanol–water partition coefficient (Wildman–Crippen LogP) is 6.15. The van der Waals surface area contributed by atoms with Crippen molar-refractivity contribution in [3.8, 4) is 11.5 Å². The van der Waals surface area contributed by atoms with Crippen LogP contribution in [0.25, 0.3) is 0 Å². The lowest BCUT2D eigenvalue weighted by Gasteiger charge is -2.07. The highest BCUT2D eigenvalue weighted by Crippen LogP contribution is 2.26. The van der Waals surface area contributed by atoms with Crippen LogP contribution in [0.15, 0.2) is 58.3 Å². The first kappa shape index (κ1) is 19.1. The van der Waals surface area contributed by atoms with E-state index in [1.165, 1.54) is 9.79 Å². The highest BCUT2D eigenvalue weighted by molar-refractivity contribution is 8.03. The van der Waals surface area contributed by atoms with Gasteiger partial charge in [0.25, 0.3) is 0 Å². The van der Waals surface area contributed by atoms with Crippen molar-refractivity contribution in [1.82, 2.24) is 0 Å². The van der Waals surface area contributed by atoms with Gasteiger partial charge in [-0.25, -0.2) is 0 Å². The van der Waals surface area contributed by atoms with Gasteiger partial charge in [-0.2, -0.15) is 0 Å². The van der Waals surface area contributed by atoms with Gasteiger partial charge in [0, 0.05) is 21.3 Å². The largest absolute Gasteiger partial charge is 0.494 e. The van der Waals surface area contributed by atoms with Gasteiger partial charge in [-0.05, 0) is 61.4 Å². The van der Waals surface area contributed by atoms with Gasteiger partial charge < -0.3 is 9.47 Å². The van der Waals surface area contributed by atoms with E-state index < -0.39 is 0 Å². The van der Waals surface area contributed by atoms with Crippen LogP contribution in [0.4, 0.5) is 0 Å². The lowest BCUT2D eigenvalue weighted by atomic mass is 10.3. The van der Waals surface area contributed by atoms with Crippen LogP contribution in [-0.4, -0.2) is 24.7 Å². The van der Waals surface area contributed by atoms with Gasteiger partial charge in [0.05, 0.1) is 13.2 Å². The van der Waals surface area contributed by atoms with Crippen molar-refractivity contribution in [2.75, 3.05) is 24.7 Å². The van der Waals surface area contributed by atoms with Crippen LogP contribution < -0.4 is 9.47 Å². The van der Waals surface area contributed by atoms with Crippen LogP contribution in [0, 0.1) is 0 Å². The van der Waals surface area contributed by atoms with Crippen molar-refractivity contribution in [2.24, 2.45) is 0 Å². The maximum atomic E-state index is 5.60. The van der Waals surface area contributed by atoms with Gasteiger partial charge in [0.1, 0.15) is 11.5 Å². The molecule has 0 aromatic heterocycles. The molecule has 0 bridgehead atoms. The Hall–Kier alpha value is -1.26. The SMILES string of the molecule is CCCOc1ccc(SCCSc2ccc(OCCC)cc2)cc1. The Kier molecular flexibility index (Phi) is 9.00. The van der Waals surface area contributed by atoms with Crippen LogP contribution in [0.3, 0.4) is 0 Å². The van der Waals surface area contributed by atoms with Crippen molar-refractivity contribution in [3.05, 3.63) is 48.5 Å². The summed E-state index contributed by atoms with van der Waals surface area (Å²) in [5.41, 5.74) is 0. The minimum absolute atomic E-state index is 0.783. The van der Waals surface area contributed by atoms with E-state index in [1.54, 1.807) is 0 Å². The summed E-state index contributed by atoms with van der Waals surface area (Å²) in [6.07, 6.45) is 2.08. The number of rotatable bonds is 11. The van der Waals surface area contributed by atoms with E-state index in [0.717, 1.165) is 49.1 Å². The molecular weight excluding hydrogens is 336 g/mol. The van der Waals surface area contributed by atoms with Crippen LogP contribution in [0.2, 0.25) is 0 Å². The smallest absolute Gasteiger partial charge is 0.119 e. The summed E-state index contributed by atoms with van der Waals surface area (Å²) in [7, 11) is 0. The molecular formula is C20H26O2S2. The summed E-state index contributed by atoms with van der Waals surface area (Å²) < 4.78 is 11.2. The Morgan fingerprint density at radius 1 is 0.625 bits per heavy atom. The molecule has 0 N–H and O–H groups in total. The van der Waals surface area contributed by atoms with Gasteiger partial charge in [-0.3, -0.25) is 0 Å². The minimum Gasteiger partial charge on any atom is -0.494 e.